The van der Waals surface area contributed by atoms with Gasteiger partial charge in [0.05, 0.1) is 5.84 Å². The molecule has 3 N–H and O–H groups in total. The van der Waals surface area contributed by atoms with Crippen LogP contribution in [0.5, 0.6) is 0 Å². The van der Waals surface area contributed by atoms with Gasteiger partial charge in [-0.05, 0) is 32.7 Å². The number of nitrogens with one attached hydrogen (secondary N) is 1. The molecule has 0 aromatic heterocycles. The van der Waals surface area contributed by atoms with E-state index in [0.717, 1.165) is 5.92 Å². The minimum absolute atomic E-state index is 0.296. The Labute approximate surface area is 74.4 Å². The van der Waals surface area contributed by atoms with Crippen LogP contribution < -0.4 is 5.73 Å². The van der Waals surface area contributed by atoms with Crippen molar-refractivity contribution < 1.29 is 0 Å². The third kappa shape index (κ3) is 3.22. The molecule has 12 heavy (non-hydrogen) atoms. The van der Waals surface area contributed by atoms with Gasteiger partial charge in [-0.25, -0.2) is 0 Å². The van der Waals surface area contributed by atoms with E-state index in [-0.39, 0.29) is 0 Å². The van der Waals surface area contributed by atoms with Crippen LogP contribution in [0.25, 0.3) is 0 Å². The van der Waals surface area contributed by atoms with E-state index in [1.54, 1.807) is 0 Å². The zero-order valence-corrected chi connectivity index (χ0v) is 8.01. The largest absolute Gasteiger partial charge is 0.388 e. The lowest BCUT2D eigenvalue weighted by atomic mass is 10.2. The molecule has 1 saturated carbocycles. The number of rotatable bonds is 5. The van der Waals surface area contributed by atoms with Crippen molar-refractivity contribution in [3.05, 3.63) is 0 Å². The molecule has 0 aromatic carbocycles. The Kier molecular flexibility index (Phi) is 3.09. The van der Waals surface area contributed by atoms with Crippen LogP contribution >= 0.6 is 0 Å². The quantitative estimate of drug-likeness (QED) is 0.477. The molecule has 0 aromatic rings. The fourth-order valence-corrected chi connectivity index (χ4v) is 1.36. The summed E-state index contributed by atoms with van der Waals surface area (Å²) in [7, 11) is 2.12. The molecular weight excluding hydrogens is 150 g/mol. The molecule has 0 amide bonds. The van der Waals surface area contributed by atoms with E-state index < -0.39 is 0 Å². The Hall–Kier alpha value is -0.570. The maximum Gasteiger partial charge on any atom is 0.0920 e. The second kappa shape index (κ2) is 3.90. The third-order valence-corrected chi connectivity index (χ3v) is 2.51. The standard InChI is InChI=1S/C9H19N3/c1-7(5-9(10)11)12(2)6-8-3-4-8/h7-8H,3-6H2,1-2H3,(H3,10,11). The van der Waals surface area contributed by atoms with Crippen molar-refractivity contribution in [1.29, 1.82) is 5.41 Å². The van der Waals surface area contributed by atoms with Gasteiger partial charge >= 0.3 is 0 Å². The summed E-state index contributed by atoms with van der Waals surface area (Å²) in [6.45, 7) is 3.30. The summed E-state index contributed by atoms with van der Waals surface area (Å²) in [4.78, 5) is 2.30. The molecule has 0 heterocycles. The summed E-state index contributed by atoms with van der Waals surface area (Å²) in [6, 6.07) is 0.420. The van der Waals surface area contributed by atoms with Crippen LogP contribution in [0.15, 0.2) is 0 Å². The summed E-state index contributed by atoms with van der Waals surface area (Å²) >= 11 is 0. The highest BCUT2D eigenvalue weighted by Crippen LogP contribution is 2.29. The molecule has 0 bridgehead atoms. The molecule has 3 nitrogen and oxygen atoms in total. The number of hydrogen-bond donors (Lipinski definition) is 2. The van der Waals surface area contributed by atoms with Gasteiger partial charge < -0.3 is 10.6 Å². The number of amidine groups is 1. The lowest BCUT2D eigenvalue weighted by molar-refractivity contribution is 0.252. The third-order valence-electron chi connectivity index (χ3n) is 2.51. The van der Waals surface area contributed by atoms with Crippen molar-refractivity contribution in [3.8, 4) is 0 Å². The highest BCUT2D eigenvalue weighted by molar-refractivity contribution is 5.77. The molecular formula is C9H19N3. The van der Waals surface area contributed by atoms with Gasteiger partial charge in [0, 0.05) is 19.0 Å². The van der Waals surface area contributed by atoms with E-state index in [9.17, 15) is 0 Å². The first-order chi connectivity index (χ1) is 5.59. The summed E-state index contributed by atoms with van der Waals surface area (Å²) in [5.41, 5.74) is 5.33. The summed E-state index contributed by atoms with van der Waals surface area (Å²) in [5.74, 6) is 1.22. The minimum Gasteiger partial charge on any atom is -0.388 e. The maximum atomic E-state index is 7.17. The van der Waals surface area contributed by atoms with Crippen LogP contribution in [-0.2, 0) is 0 Å². The van der Waals surface area contributed by atoms with Crippen molar-refractivity contribution >= 4 is 5.84 Å². The van der Waals surface area contributed by atoms with Gasteiger partial charge in [-0.3, -0.25) is 5.41 Å². The van der Waals surface area contributed by atoms with Crippen LogP contribution in [0.3, 0.4) is 0 Å². The predicted molar refractivity (Wildman–Crippen MR) is 51.3 cm³/mol. The molecule has 0 saturated heterocycles. The Morgan fingerprint density at radius 3 is 2.67 bits per heavy atom. The zero-order valence-electron chi connectivity index (χ0n) is 8.01. The molecule has 70 valence electrons. The normalized spacial score (nSPS) is 19.6. The van der Waals surface area contributed by atoms with Gasteiger partial charge in [0.2, 0.25) is 0 Å². The molecule has 1 aliphatic carbocycles. The lowest BCUT2D eigenvalue weighted by Gasteiger charge is -2.23. The van der Waals surface area contributed by atoms with Gasteiger partial charge in [0.1, 0.15) is 0 Å². The second-order valence-electron chi connectivity index (χ2n) is 3.96. The molecule has 0 radical (unpaired) electrons. The van der Waals surface area contributed by atoms with Gasteiger partial charge in [0.25, 0.3) is 0 Å². The van der Waals surface area contributed by atoms with Crippen LogP contribution in [0.1, 0.15) is 26.2 Å². The molecule has 0 spiro atoms. The number of nitrogens with zero attached hydrogens (tertiary/aromatic N) is 1. The smallest absolute Gasteiger partial charge is 0.0920 e. The van der Waals surface area contributed by atoms with Gasteiger partial charge in [-0.1, -0.05) is 0 Å². The summed E-state index contributed by atoms with van der Waals surface area (Å²) in [5, 5.41) is 7.17. The average molecular weight is 169 g/mol. The number of nitrogens with two attached hydrogens (primary N) is 1. The van der Waals surface area contributed by atoms with E-state index in [1.807, 2.05) is 0 Å². The molecule has 0 aliphatic heterocycles. The monoisotopic (exact) mass is 169 g/mol. The SMILES string of the molecule is CC(CC(=N)N)N(C)CC1CC1. The molecule has 1 rings (SSSR count). The molecule has 1 atom stereocenters. The first kappa shape index (κ1) is 9.52. The topological polar surface area (TPSA) is 53.1 Å². The van der Waals surface area contributed by atoms with Crippen molar-refractivity contribution in [2.75, 3.05) is 13.6 Å². The van der Waals surface area contributed by atoms with Crippen molar-refractivity contribution in [2.24, 2.45) is 11.7 Å². The van der Waals surface area contributed by atoms with E-state index in [4.69, 9.17) is 11.1 Å². The minimum atomic E-state index is 0.296. The Balaban J connectivity index is 2.19. The van der Waals surface area contributed by atoms with Crippen molar-refractivity contribution in [3.63, 3.8) is 0 Å². The highest BCUT2D eigenvalue weighted by atomic mass is 15.1. The summed E-state index contributed by atoms with van der Waals surface area (Å²) in [6.07, 6.45) is 3.47. The second-order valence-corrected chi connectivity index (χ2v) is 3.96. The van der Waals surface area contributed by atoms with Gasteiger partial charge in [0.15, 0.2) is 0 Å². The lowest BCUT2D eigenvalue weighted by Crippen LogP contribution is -2.34. The number of hydrogen-bond acceptors (Lipinski definition) is 2. The zero-order chi connectivity index (χ0) is 9.14. The van der Waals surface area contributed by atoms with Crippen LogP contribution in [0.4, 0.5) is 0 Å². The highest BCUT2D eigenvalue weighted by Gasteiger charge is 2.24. The predicted octanol–water partition coefficient (Wildman–Crippen LogP) is 1.04. The van der Waals surface area contributed by atoms with E-state index in [0.29, 0.717) is 18.3 Å². The summed E-state index contributed by atoms with van der Waals surface area (Å²) < 4.78 is 0. The molecule has 1 aliphatic rings. The van der Waals surface area contributed by atoms with Gasteiger partial charge in [-0.15, -0.1) is 0 Å². The Bertz CT molecular complexity index is 163. The van der Waals surface area contributed by atoms with Crippen LogP contribution in [0.2, 0.25) is 0 Å². The molecule has 3 heteroatoms. The maximum absolute atomic E-state index is 7.17. The van der Waals surface area contributed by atoms with E-state index >= 15 is 0 Å². The van der Waals surface area contributed by atoms with Gasteiger partial charge in [-0.2, -0.15) is 0 Å². The first-order valence-corrected chi connectivity index (χ1v) is 4.62. The van der Waals surface area contributed by atoms with Crippen LogP contribution in [-0.4, -0.2) is 30.4 Å². The fourth-order valence-electron chi connectivity index (χ4n) is 1.36. The van der Waals surface area contributed by atoms with Crippen LogP contribution in [0, 0.1) is 11.3 Å². The van der Waals surface area contributed by atoms with E-state index in [2.05, 4.69) is 18.9 Å². The average Bonchev–Trinajstić information content (AvgIpc) is 2.70. The van der Waals surface area contributed by atoms with E-state index in [1.165, 1.54) is 19.4 Å². The molecule has 1 fully saturated rings. The molecule has 1 unspecified atom stereocenters. The first-order valence-electron chi connectivity index (χ1n) is 4.62. The Morgan fingerprint density at radius 2 is 2.25 bits per heavy atom. The van der Waals surface area contributed by atoms with Crippen molar-refractivity contribution in [1.82, 2.24) is 4.90 Å². The van der Waals surface area contributed by atoms with Crippen molar-refractivity contribution in [2.45, 2.75) is 32.2 Å². The fraction of sp³-hybridized carbons (Fsp3) is 0.889. The Morgan fingerprint density at radius 1 is 1.67 bits per heavy atom.